The van der Waals surface area contributed by atoms with Crippen LogP contribution in [0.25, 0.3) is 0 Å². The average molecular weight is 212 g/mol. The molecule has 0 saturated carbocycles. The first-order valence-electron chi connectivity index (χ1n) is 4.84. The molecule has 5 nitrogen and oxygen atoms in total. The summed E-state index contributed by atoms with van der Waals surface area (Å²) < 4.78 is 18.6. The van der Waals surface area contributed by atoms with Crippen LogP contribution in [0.15, 0.2) is 6.20 Å². The Morgan fingerprint density at radius 1 is 1.47 bits per heavy atom. The van der Waals surface area contributed by atoms with Crippen molar-refractivity contribution in [2.75, 3.05) is 43.6 Å². The second-order valence-electron chi connectivity index (χ2n) is 3.21. The van der Waals surface area contributed by atoms with Crippen LogP contribution in [0.2, 0.25) is 0 Å². The van der Waals surface area contributed by atoms with Gasteiger partial charge in [0.05, 0.1) is 19.4 Å². The first kappa shape index (κ1) is 10.1. The van der Waals surface area contributed by atoms with Gasteiger partial charge in [-0.1, -0.05) is 0 Å². The molecule has 0 aliphatic carbocycles. The number of ether oxygens (including phenoxy) is 1. The van der Waals surface area contributed by atoms with Crippen molar-refractivity contribution < 1.29 is 9.13 Å². The fourth-order valence-electron chi connectivity index (χ4n) is 1.48. The molecule has 1 aromatic heterocycles. The van der Waals surface area contributed by atoms with E-state index in [2.05, 4.69) is 15.3 Å². The zero-order valence-corrected chi connectivity index (χ0v) is 8.53. The van der Waals surface area contributed by atoms with E-state index in [4.69, 9.17) is 4.74 Å². The van der Waals surface area contributed by atoms with Gasteiger partial charge in [0, 0.05) is 20.1 Å². The molecule has 1 aliphatic heterocycles. The summed E-state index contributed by atoms with van der Waals surface area (Å²) in [4.78, 5) is 9.75. The van der Waals surface area contributed by atoms with Crippen LogP contribution in [0, 0.1) is 5.82 Å². The van der Waals surface area contributed by atoms with Gasteiger partial charge in [0.25, 0.3) is 0 Å². The van der Waals surface area contributed by atoms with Gasteiger partial charge in [-0.15, -0.1) is 0 Å². The molecule has 6 heteroatoms. The largest absolute Gasteiger partial charge is 0.378 e. The molecule has 0 radical (unpaired) electrons. The van der Waals surface area contributed by atoms with Crippen LogP contribution in [-0.4, -0.2) is 43.3 Å². The maximum absolute atomic E-state index is 13.5. The van der Waals surface area contributed by atoms with Crippen LogP contribution in [0.5, 0.6) is 0 Å². The summed E-state index contributed by atoms with van der Waals surface area (Å²) in [5.41, 5.74) is 0. The Bertz CT molecular complexity index is 341. The van der Waals surface area contributed by atoms with E-state index >= 15 is 0 Å². The summed E-state index contributed by atoms with van der Waals surface area (Å²) in [5.74, 6) is 0.381. The molecule has 1 N–H and O–H groups in total. The number of hydrogen-bond acceptors (Lipinski definition) is 5. The van der Waals surface area contributed by atoms with E-state index in [1.54, 1.807) is 7.05 Å². The quantitative estimate of drug-likeness (QED) is 0.773. The molecule has 1 aliphatic rings. The average Bonchev–Trinajstić information content (AvgIpc) is 2.31. The SMILES string of the molecule is CNc1ncc(F)c(N2CCOCC2)n1. The third kappa shape index (κ3) is 2.15. The van der Waals surface area contributed by atoms with Crippen LogP contribution in [-0.2, 0) is 4.74 Å². The van der Waals surface area contributed by atoms with E-state index in [9.17, 15) is 4.39 Å². The predicted octanol–water partition coefficient (Wildman–Crippen LogP) is 0.494. The van der Waals surface area contributed by atoms with Crippen LogP contribution < -0.4 is 10.2 Å². The van der Waals surface area contributed by atoms with E-state index in [0.29, 0.717) is 38.1 Å². The highest BCUT2D eigenvalue weighted by atomic mass is 19.1. The maximum Gasteiger partial charge on any atom is 0.224 e. The van der Waals surface area contributed by atoms with E-state index in [0.717, 1.165) is 0 Å². The van der Waals surface area contributed by atoms with Gasteiger partial charge in [0.2, 0.25) is 5.95 Å². The Kier molecular flexibility index (Phi) is 2.96. The summed E-state index contributed by atoms with van der Waals surface area (Å²) in [6.45, 7) is 2.55. The van der Waals surface area contributed by atoms with E-state index in [1.165, 1.54) is 6.20 Å². The van der Waals surface area contributed by atoms with Crippen LogP contribution in [0.1, 0.15) is 0 Å². The number of morpholine rings is 1. The molecule has 0 atom stereocenters. The first-order chi connectivity index (χ1) is 7.31. The third-order valence-corrected chi connectivity index (χ3v) is 2.26. The Morgan fingerprint density at radius 3 is 2.87 bits per heavy atom. The minimum absolute atomic E-state index is 0.345. The summed E-state index contributed by atoms with van der Waals surface area (Å²) >= 11 is 0. The Morgan fingerprint density at radius 2 is 2.20 bits per heavy atom. The second-order valence-corrected chi connectivity index (χ2v) is 3.21. The molecular weight excluding hydrogens is 199 g/mol. The van der Waals surface area contributed by atoms with Gasteiger partial charge in [0.1, 0.15) is 0 Å². The normalized spacial score (nSPS) is 16.5. The molecular formula is C9H13FN4O. The Balaban J connectivity index is 2.24. The van der Waals surface area contributed by atoms with E-state index in [-0.39, 0.29) is 0 Å². The lowest BCUT2D eigenvalue weighted by Crippen LogP contribution is -2.37. The number of nitrogens with zero attached hydrogens (tertiary/aromatic N) is 3. The van der Waals surface area contributed by atoms with Gasteiger partial charge in [0.15, 0.2) is 11.6 Å². The summed E-state index contributed by atoms with van der Waals surface area (Å²) in [5, 5.41) is 2.79. The highest BCUT2D eigenvalue weighted by Gasteiger charge is 2.17. The van der Waals surface area contributed by atoms with Crippen molar-refractivity contribution in [1.82, 2.24) is 9.97 Å². The second kappa shape index (κ2) is 4.39. The van der Waals surface area contributed by atoms with E-state index < -0.39 is 5.82 Å². The van der Waals surface area contributed by atoms with Crippen LogP contribution in [0.4, 0.5) is 16.2 Å². The highest BCUT2D eigenvalue weighted by molar-refractivity contribution is 5.43. The zero-order chi connectivity index (χ0) is 10.7. The Labute approximate surface area is 87.3 Å². The summed E-state index contributed by atoms with van der Waals surface area (Å²) in [7, 11) is 1.70. The van der Waals surface area contributed by atoms with Crippen molar-refractivity contribution in [3.8, 4) is 0 Å². The fraction of sp³-hybridized carbons (Fsp3) is 0.556. The number of halogens is 1. The van der Waals surface area contributed by atoms with Gasteiger partial charge in [-0.2, -0.15) is 4.98 Å². The van der Waals surface area contributed by atoms with Gasteiger partial charge in [-0.25, -0.2) is 9.37 Å². The van der Waals surface area contributed by atoms with Crippen molar-refractivity contribution in [1.29, 1.82) is 0 Å². The maximum atomic E-state index is 13.5. The van der Waals surface area contributed by atoms with Gasteiger partial charge < -0.3 is 15.0 Å². The molecule has 1 fully saturated rings. The lowest BCUT2D eigenvalue weighted by atomic mass is 10.4. The molecule has 0 spiro atoms. The standard InChI is InChI=1S/C9H13FN4O/c1-11-9-12-6-7(10)8(13-9)14-2-4-15-5-3-14/h6H,2-5H2,1H3,(H,11,12,13). The first-order valence-corrected chi connectivity index (χ1v) is 4.84. The minimum atomic E-state index is -0.393. The monoisotopic (exact) mass is 212 g/mol. The molecule has 2 rings (SSSR count). The van der Waals surface area contributed by atoms with Crippen molar-refractivity contribution >= 4 is 11.8 Å². The van der Waals surface area contributed by atoms with Gasteiger partial charge >= 0.3 is 0 Å². The number of nitrogens with one attached hydrogen (secondary N) is 1. The van der Waals surface area contributed by atoms with Crippen molar-refractivity contribution in [2.24, 2.45) is 0 Å². The number of aromatic nitrogens is 2. The molecule has 1 saturated heterocycles. The lowest BCUT2D eigenvalue weighted by molar-refractivity contribution is 0.122. The number of anilines is 2. The predicted molar refractivity (Wildman–Crippen MR) is 54.6 cm³/mol. The molecule has 0 bridgehead atoms. The van der Waals surface area contributed by atoms with Crippen molar-refractivity contribution in [2.45, 2.75) is 0 Å². The number of rotatable bonds is 2. The minimum Gasteiger partial charge on any atom is -0.378 e. The molecule has 0 amide bonds. The summed E-state index contributed by atoms with van der Waals surface area (Å²) in [6, 6.07) is 0. The molecule has 0 aromatic carbocycles. The molecule has 15 heavy (non-hydrogen) atoms. The molecule has 2 heterocycles. The van der Waals surface area contributed by atoms with Crippen molar-refractivity contribution in [3.05, 3.63) is 12.0 Å². The van der Waals surface area contributed by atoms with E-state index in [1.807, 2.05) is 4.90 Å². The van der Waals surface area contributed by atoms with Gasteiger partial charge in [-0.3, -0.25) is 0 Å². The summed E-state index contributed by atoms with van der Waals surface area (Å²) in [6.07, 6.45) is 1.18. The fourth-order valence-corrected chi connectivity index (χ4v) is 1.48. The van der Waals surface area contributed by atoms with Crippen LogP contribution in [0.3, 0.4) is 0 Å². The molecule has 82 valence electrons. The van der Waals surface area contributed by atoms with Gasteiger partial charge in [-0.05, 0) is 0 Å². The Hall–Kier alpha value is -1.43. The lowest BCUT2D eigenvalue weighted by Gasteiger charge is -2.27. The zero-order valence-electron chi connectivity index (χ0n) is 8.53. The smallest absolute Gasteiger partial charge is 0.224 e. The molecule has 0 unspecified atom stereocenters. The van der Waals surface area contributed by atoms with Crippen molar-refractivity contribution in [3.63, 3.8) is 0 Å². The highest BCUT2D eigenvalue weighted by Crippen LogP contribution is 2.17. The third-order valence-electron chi connectivity index (χ3n) is 2.26. The number of hydrogen-bond donors (Lipinski definition) is 1. The molecule has 1 aromatic rings. The van der Waals surface area contributed by atoms with Crippen LogP contribution >= 0.6 is 0 Å². The topological polar surface area (TPSA) is 50.3 Å².